The van der Waals surface area contributed by atoms with Crippen LogP contribution in [0.1, 0.15) is 25.1 Å². The molecule has 0 bridgehead atoms. The van der Waals surface area contributed by atoms with Crippen LogP contribution in [0.4, 0.5) is 3.89 Å². The lowest BCUT2D eigenvalue weighted by Crippen LogP contribution is -1.89. The van der Waals surface area contributed by atoms with E-state index in [1.165, 1.54) is 4.09 Å². The molecule has 0 saturated carbocycles. The fourth-order valence-corrected chi connectivity index (χ4v) is 1.71. The summed E-state index contributed by atoms with van der Waals surface area (Å²) in [4.78, 5) is 4.34. The molecule has 0 fully saturated rings. The predicted molar refractivity (Wildman–Crippen MR) is 70.4 cm³/mol. The molecule has 17 heavy (non-hydrogen) atoms. The van der Waals surface area contributed by atoms with Crippen LogP contribution in [0.15, 0.2) is 24.4 Å². The van der Waals surface area contributed by atoms with Crippen LogP contribution in [0.2, 0.25) is 0 Å². The van der Waals surface area contributed by atoms with Crippen LogP contribution in [-0.4, -0.2) is 14.2 Å². The Hall–Kier alpha value is -1.36. The highest BCUT2D eigenvalue weighted by molar-refractivity contribution is 7.92. The minimum Gasteiger partial charge on any atom is -0.251 e. The van der Waals surface area contributed by atoms with Gasteiger partial charge in [0.25, 0.3) is 0 Å². The van der Waals surface area contributed by atoms with Gasteiger partial charge in [0.2, 0.25) is 0 Å². The van der Waals surface area contributed by atoms with Crippen LogP contribution in [0.5, 0.6) is 0 Å². The standard InChI is InChI=1S/C10H10FN3S.C2H6/c1-7-6-14(15-11)13-10(7)9-5-3-4-8(2)12-9;1-2/h3-6H,1-2H3;1-2H3. The van der Waals surface area contributed by atoms with Crippen LogP contribution in [0.25, 0.3) is 11.4 Å². The largest absolute Gasteiger partial charge is 0.251 e. The molecular weight excluding hydrogens is 237 g/mol. The highest BCUT2D eigenvalue weighted by atomic mass is 32.2. The first-order valence-corrected chi connectivity index (χ1v) is 6.17. The zero-order valence-electron chi connectivity index (χ0n) is 10.4. The summed E-state index contributed by atoms with van der Waals surface area (Å²) < 4.78 is 13.5. The fourth-order valence-electron chi connectivity index (χ4n) is 1.40. The zero-order valence-corrected chi connectivity index (χ0v) is 11.3. The van der Waals surface area contributed by atoms with E-state index < -0.39 is 0 Å². The van der Waals surface area contributed by atoms with Gasteiger partial charge in [-0.1, -0.05) is 19.9 Å². The minimum atomic E-state index is 0.0804. The van der Waals surface area contributed by atoms with Crippen molar-refractivity contribution in [3.8, 4) is 11.4 Å². The molecule has 0 aliphatic rings. The highest BCUT2D eigenvalue weighted by Gasteiger charge is 2.09. The van der Waals surface area contributed by atoms with Crippen molar-refractivity contribution in [3.63, 3.8) is 0 Å². The van der Waals surface area contributed by atoms with Gasteiger partial charge in [-0.15, -0.1) is 3.89 Å². The van der Waals surface area contributed by atoms with Crippen molar-refractivity contribution >= 4 is 12.3 Å². The Morgan fingerprint density at radius 3 is 2.47 bits per heavy atom. The van der Waals surface area contributed by atoms with E-state index in [0.717, 1.165) is 22.6 Å². The summed E-state index contributed by atoms with van der Waals surface area (Å²) in [6, 6.07) is 5.70. The second kappa shape index (κ2) is 6.39. The van der Waals surface area contributed by atoms with Gasteiger partial charge >= 0.3 is 0 Å². The normalized spacial score (nSPS) is 9.71. The second-order valence-corrected chi connectivity index (χ2v) is 3.81. The van der Waals surface area contributed by atoms with Crippen molar-refractivity contribution in [3.05, 3.63) is 35.7 Å². The molecule has 3 nitrogen and oxygen atoms in total. The Morgan fingerprint density at radius 1 is 1.24 bits per heavy atom. The molecule has 2 aromatic heterocycles. The van der Waals surface area contributed by atoms with Crippen molar-refractivity contribution in [2.75, 3.05) is 0 Å². The number of hydrogen-bond acceptors (Lipinski definition) is 3. The van der Waals surface area contributed by atoms with Gasteiger partial charge in [0.15, 0.2) is 12.3 Å². The number of halogens is 1. The summed E-state index contributed by atoms with van der Waals surface area (Å²) in [5.41, 5.74) is 3.34. The molecule has 0 amide bonds. The van der Waals surface area contributed by atoms with E-state index in [2.05, 4.69) is 10.1 Å². The van der Waals surface area contributed by atoms with E-state index in [1.807, 2.05) is 45.9 Å². The van der Waals surface area contributed by atoms with Gasteiger partial charge in [-0.3, -0.25) is 4.98 Å². The van der Waals surface area contributed by atoms with E-state index in [-0.39, 0.29) is 12.3 Å². The van der Waals surface area contributed by atoms with Gasteiger partial charge in [-0.2, -0.15) is 9.19 Å². The molecule has 0 saturated heterocycles. The summed E-state index contributed by atoms with van der Waals surface area (Å²) in [7, 11) is 0. The summed E-state index contributed by atoms with van der Waals surface area (Å²) in [5.74, 6) is 0. The average molecular weight is 253 g/mol. The van der Waals surface area contributed by atoms with Crippen LogP contribution in [-0.2, 0) is 0 Å². The van der Waals surface area contributed by atoms with Crippen molar-refractivity contribution in [2.45, 2.75) is 27.7 Å². The van der Waals surface area contributed by atoms with Gasteiger partial charge in [-0.25, -0.2) is 0 Å². The lowest BCUT2D eigenvalue weighted by atomic mass is 10.2. The molecule has 2 aromatic rings. The average Bonchev–Trinajstić information content (AvgIpc) is 2.73. The predicted octanol–water partition coefficient (Wildman–Crippen LogP) is 3.97. The fraction of sp³-hybridized carbons (Fsp3) is 0.333. The van der Waals surface area contributed by atoms with Gasteiger partial charge in [0.05, 0.1) is 5.69 Å². The molecule has 2 heterocycles. The number of nitrogens with zero attached hydrogens (tertiary/aromatic N) is 3. The number of rotatable bonds is 2. The topological polar surface area (TPSA) is 30.7 Å². The van der Waals surface area contributed by atoms with Gasteiger partial charge < -0.3 is 0 Å². The Labute approximate surface area is 106 Å². The van der Waals surface area contributed by atoms with E-state index in [1.54, 1.807) is 6.20 Å². The van der Waals surface area contributed by atoms with Crippen LogP contribution < -0.4 is 0 Å². The first kappa shape index (κ1) is 13.7. The summed E-state index contributed by atoms with van der Waals surface area (Å²) in [6.45, 7) is 7.80. The van der Waals surface area contributed by atoms with E-state index in [0.29, 0.717) is 0 Å². The lowest BCUT2D eigenvalue weighted by molar-refractivity contribution is 0.878. The van der Waals surface area contributed by atoms with Crippen molar-refractivity contribution in [1.82, 2.24) is 14.2 Å². The van der Waals surface area contributed by atoms with E-state index in [4.69, 9.17) is 0 Å². The highest BCUT2D eigenvalue weighted by Crippen LogP contribution is 2.21. The third-order valence-electron chi connectivity index (χ3n) is 2.08. The summed E-state index contributed by atoms with van der Waals surface area (Å²) in [5, 5.41) is 4.08. The summed E-state index contributed by atoms with van der Waals surface area (Å²) in [6.07, 6.45) is 1.64. The maximum absolute atomic E-state index is 12.3. The first-order chi connectivity index (χ1) is 8.20. The zero-order chi connectivity index (χ0) is 12.8. The molecule has 0 aromatic carbocycles. The Balaban J connectivity index is 0.000000686. The molecule has 0 aliphatic carbocycles. The van der Waals surface area contributed by atoms with Crippen LogP contribution in [0, 0.1) is 13.8 Å². The maximum Gasteiger partial charge on any atom is 0.187 e. The third kappa shape index (κ3) is 3.30. The van der Waals surface area contributed by atoms with E-state index in [9.17, 15) is 3.89 Å². The number of aryl methyl sites for hydroxylation is 2. The molecular formula is C12H16FN3S. The van der Waals surface area contributed by atoms with Crippen molar-refractivity contribution in [2.24, 2.45) is 0 Å². The minimum absolute atomic E-state index is 0.0804. The second-order valence-electron chi connectivity index (χ2n) is 3.30. The smallest absolute Gasteiger partial charge is 0.187 e. The SMILES string of the molecule is CC.Cc1cccc(-c2nn(SF)cc2C)n1. The monoisotopic (exact) mass is 253 g/mol. The van der Waals surface area contributed by atoms with Crippen LogP contribution >= 0.6 is 12.3 Å². The first-order valence-electron chi connectivity index (χ1n) is 5.50. The summed E-state index contributed by atoms with van der Waals surface area (Å²) >= 11 is 0.0804. The Kier molecular flexibility index (Phi) is 5.15. The lowest BCUT2D eigenvalue weighted by Gasteiger charge is -1.98. The van der Waals surface area contributed by atoms with Crippen molar-refractivity contribution < 1.29 is 3.89 Å². The molecule has 0 unspecified atom stereocenters. The molecule has 0 atom stereocenters. The van der Waals surface area contributed by atoms with Gasteiger partial charge in [0, 0.05) is 11.9 Å². The number of pyridine rings is 1. The molecule has 92 valence electrons. The molecule has 0 radical (unpaired) electrons. The van der Waals surface area contributed by atoms with Gasteiger partial charge in [-0.05, 0) is 31.5 Å². The molecule has 2 rings (SSSR count). The molecule has 0 spiro atoms. The number of aromatic nitrogens is 3. The number of hydrogen-bond donors (Lipinski definition) is 0. The molecule has 0 aliphatic heterocycles. The van der Waals surface area contributed by atoms with Crippen LogP contribution in [0.3, 0.4) is 0 Å². The Morgan fingerprint density at radius 2 is 1.94 bits per heavy atom. The molecule has 5 heteroatoms. The third-order valence-corrected chi connectivity index (χ3v) is 2.41. The maximum atomic E-state index is 12.3. The quantitative estimate of drug-likeness (QED) is 0.811. The van der Waals surface area contributed by atoms with E-state index >= 15 is 0 Å². The molecule has 0 N–H and O–H groups in total. The van der Waals surface area contributed by atoms with Crippen molar-refractivity contribution in [1.29, 1.82) is 0 Å². The van der Waals surface area contributed by atoms with Gasteiger partial charge in [0.1, 0.15) is 5.69 Å². The Bertz CT molecular complexity index is 482.